The van der Waals surface area contributed by atoms with E-state index in [-0.39, 0.29) is 5.91 Å². The Hall–Kier alpha value is -0.300. The van der Waals surface area contributed by atoms with Crippen LogP contribution in [-0.4, -0.2) is 48.1 Å². The number of halogens is 4. The normalized spacial score (nSPS) is 26.1. The van der Waals surface area contributed by atoms with E-state index in [0.29, 0.717) is 23.8 Å². The average molecular weight is 318 g/mol. The van der Waals surface area contributed by atoms with E-state index >= 15 is 0 Å². The van der Waals surface area contributed by atoms with Gasteiger partial charge >= 0.3 is 6.18 Å². The van der Waals surface area contributed by atoms with Gasteiger partial charge in [-0.2, -0.15) is 13.2 Å². The van der Waals surface area contributed by atoms with Gasteiger partial charge in [-0.3, -0.25) is 4.79 Å². The summed E-state index contributed by atoms with van der Waals surface area (Å²) >= 11 is 3.49. The van der Waals surface area contributed by atoms with Crippen molar-refractivity contribution < 1.29 is 22.7 Å². The molecule has 0 bridgehead atoms. The van der Waals surface area contributed by atoms with Crippen LogP contribution in [0.3, 0.4) is 0 Å². The number of hydrogen-bond acceptors (Lipinski definition) is 2. The zero-order valence-corrected chi connectivity index (χ0v) is 11.1. The molecule has 0 aromatic heterocycles. The second kappa shape index (κ2) is 6.04. The first-order chi connectivity index (χ1) is 7.79. The lowest BCUT2D eigenvalue weighted by Crippen LogP contribution is -2.45. The molecule has 1 aliphatic rings. The summed E-state index contributed by atoms with van der Waals surface area (Å²) in [6, 6.07) is 0. The highest BCUT2D eigenvalue weighted by atomic mass is 79.9. The summed E-state index contributed by atoms with van der Waals surface area (Å²) in [5.74, 6) is -0.0733. The van der Waals surface area contributed by atoms with Crippen LogP contribution >= 0.6 is 15.9 Å². The van der Waals surface area contributed by atoms with Crippen molar-refractivity contribution in [3.63, 3.8) is 0 Å². The molecule has 0 radical (unpaired) electrons. The van der Waals surface area contributed by atoms with Gasteiger partial charge in [0.1, 0.15) is 13.2 Å². The molecule has 0 aromatic carbocycles. The van der Waals surface area contributed by atoms with Crippen molar-refractivity contribution in [2.45, 2.75) is 24.3 Å². The van der Waals surface area contributed by atoms with Crippen LogP contribution < -0.4 is 0 Å². The second-order valence-electron chi connectivity index (χ2n) is 4.23. The minimum atomic E-state index is -4.38. The maximum absolute atomic E-state index is 11.8. The summed E-state index contributed by atoms with van der Waals surface area (Å²) in [5.41, 5.74) is 0. The summed E-state index contributed by atoms with van der Waals surface area (Å²) in [6.07, 6.45) is -3.57. The number of hydrogen-bond donors (Lipinski definition) is 0. The van der Waals surface area contributed by atoms with Crippen molar-refractivity contribution in [1.29, 1.82) is 0 Å². The van der Waals surface area contributed by atoms with E-state index in [1.165, 1.54) is 0 Å². The zero-order chi connectivity index (χ0) is 13.1. The lowest BCUT2D eigenvalue weighted by Gasteiger charge is -2.34. The van der Waals surface area contributed by atoms with Gasteiger partial charge in [-0.25, -0.2) is 0 Å². The molecular weight excluding hydrogens is 303 g/mol. The Morgan fingerprint density at radius 2 is 2.18 bits per heavy atom. The van der Waals surface area contributed by atoms with Gasteiger partial charge in [0.25, 0.3) is 0 Å². The first-order valence-electron chi connectivity index (χ1n) is 5.36. The van der Waals surface area contributed by atoms with Crippen molar-refractivity contribution in [3.8, 4) is 0 Å². The van der Waals surface area contributed by atoms with Crippen molar-refractivity contribution in [2.75, 3.05) is 26.3 Å². The third-order valence-electron chi connectivity index (χ3n) is 2.64. The van der Waals surface area contributed by atoms with Crippen LogP contribution in [0.1, 0.15) is 13.3 Å². The molecule has 0 saturated carbocycles. The quantitative estimate of drug-likeness (QED) is 0.747. The largest absolute Gasteiger partial charge is 0.411 e. The van der Waals surface area contributed by atoms with Crippen LogP contribution in [0, 0.1) is 5.92 Å². The third kappa shape index (κ3) is 5.25. The van der Waals surface area contributed by atoms with Crippen molar-refractivity contribution in [3.05, 3.63) is 0 Å². The highest BCUT2D eigenvalue weighted by Crippen LogP contribution is 2.23. The fraction of sp³-hybridized carbons (Fsp3) is 0.900. The smallest absolute Gasteiger partial charge is 0.362 e. The maximum Gasteiger partial charge on any atom is 0.411 e. The molecule has 17 heavy (non-hydrogen) atoms. The Morgan fingerprint density at radius 1 is 1.53 bits per heavy atom. The Labute approximate surface area is 106 Å². The highest BCUT2D eigenvalue weighted by molar-refractivity contribution is 9.09. The third-order valence-corrected chi connectivity index (χ3v) is 4.00. The predicted octanol–water partition coefficient (Wildman–Crippen LogP) is 2.20. The standard InChI is InChI=1S/C10H15BrF3NO2/c1-7-4-15(3-2-8(7)11)9(16)5-17-6-10(12,13)14/h7-8H,2-6H2,1H3. The zero-order valence-electron chi connectivity index (χ0n) is 9.47. The molecule has 1 saturated heterocycles. The number of piperidine rings is 1. The Bertz CT molecular complexity index is 273. The molecule has 0 aromatic rings. The van der Waals surface area contributed by atoms with Crippen molar-refractivity contribution in [2.24, 2.45) is 5.92 Å². The topological polar surface area (TPSA) is 29.5 Å². The molecule has 1 amide bonds. The van der Waals surface area contributed by atoms with Gasteiger partial charge in [-0.1, -0.05) is 22.9 Å². The van der Waals surface area contributed by atoms with E-state index in [1.807, 2.05) is 6.92 Å². The van der Waals surface area contributed by atoms with Crippen LogP contribution in [-0.2, 0) is 9.53 Å². The fourth-order valence-corrected chi connectivity index (χ4v) is 2.06. The Morgan fingerprint density at radius 3 is 2.71 bits per heavy atom. The molecule has 0 N–H and O–H groups in total. The number of rotatable bonds is 3. The van der Waals surface area contributed by atoms with Gasteiger partial charge in [0.2, 0.25) is 5.91 Å². The van der Waals surface area contributed by atoms with Gasteiger partial charge in [0, 0.05) is 17.9 Å². The van der Waals surface area contributed by atoms with E-state index in [0.717, 1.165) is 6.42 Å². The Balaban J connectivity index is 2.29. The molecule has 0 aliphatic carbocycles. The second-order valence-corrected chi connectivity index (χ2v) is 5.41. The molecule has 2 atom stereocenters. The van der Waals surface area contributed by atoms with Crippen LogP contribution in [0.4, 0.5) is 13.2 Å². The molecule has 1 heterocycles. The molecule has 1 rings (SSSR count). The first-order valence-corrected chi connectivity index (χ1v) is 6.27. The van der Waals surface area contributed by atoms with Crippen LogP contribution in [0.5, 0.6) is 0 Å². The summed E-state index contributed by atoms with van der Waals surface area (Å²) in [5, 5.41) is 0. The van der Waals surface area contributed by atoms with Gasteiger partial charge in [0.05, 0.1) is 0 Å². The minimum absolute atomic E-state index is 0.301. The number of ether oxygens (including phenoxy) is 1. The van der Waals surface area contributed by atoms with Crippen LogP contribution in [0.25, 0.3) is 0 Å². The van der Waals surface area contributed by atoms with Crippen LogP contribution in [0.2, 0.25) is 0 Å². The van der Waals surface area contributed by atoms with Gasteiger partial charge in [0.15, 0.2) is 0 Å². The number of likely N-dealkylation sites (tertiary alicyclic amines) is 1. The minimum Gasteiger partial charge on any atom is -0.362 e. The summed E-state index contributed by atoms with van der Waals surface area (Å²) in [7, 11) is 0. The molecule has 2 unspecified atom stereocenters. The molecule has 7 heteroatoms. The predicted molar refractivity (Wildman–Crippen MR) is 60.0 cm³/mol. The maximum atomic E-state index is 11.8. The van der Waals surface area contributed by atoms with Gasteiger partial charge in [-0.05, 0) is 12.3 Å². The monoisotopic (exact) mass is 317 g/mol. The van der Waals surface area contributed by atoms with E-state index in [4.69, 9.17) is 0 Å². The SMILES string of the molecule is CC1CN(C(=O)COCC(F)(F)F)CCC1Br. The summed E-state index contributed by atoms with van der Waals surface area (Å²) in [4.78, 5) is 13.5. The fourth-order valence-electron chi connectivity index (χ4n) is 1.69. The van der Waals surface area contributed by atoms with Gasteiger partial charge in [-0.15, -0.1) is 0 Å². The molecule has 1 fully saturated rings. The number of alkyl halides is 4. The van der Waals surface area contributed by atoms with E-state index in [9.17, 15) is 18.0 Å². The number of amides is 1. The molecule has 0 spiro atoms. The number of carbonyl (C=O) groups excluding carboxylic acids is 1. The van der Waals surface area contributed by atoms with E-state index in [1.54, 1.807) is 4.90 Å². The molecular formula is C10H15BrF3NO2. The van der Waals surface area contributed by atoms with E-state index in [2.05, 4.69) is 20.7 Å². The number of carbonyl (C=O) groups is 1. The van der Waals surface area contributed by atoms with Crippen molar-refractivity contribution in [1.82, 2.24) is 4.90 Å². The first kappa shape index (κ1) is 14.8. The van der Waals surface area contributed by atoms with E-state index < -0.39 is 19.4 Å². The number of nitrogens with zero attached hydrogens (tertiary/aromatic N) is 1. The van der Waals surface area contributed by atoms with Gasteiger partial charge < -0.3 is 9.64 Å². The highest BCUT2D eigenvalue weighted by Gasteiger charge is 2.30. The molecule has 3 nitrogen and oxygen atoms in total. The average Bonchev–Trinajstić information content (AvgIpc) is 2.20. The lowest BCUT2D eigenvalue weighted by atomic mass is 10.0. The summed E-state index contributed by atoms with van der Waals surface area (Å²) in [6.45, 7) is 1.25. The summed E-state index contributed by atoms with van der Waals surface area (Å²) < 4.78 is 39.8. The Kier molecular flexibility index (Phi) is 5.24. The van der Waals surface area contributed by atoms with Crippen LogP contribution in [0.15, 0.2) is 0 Å². The van der Waals surface area contributed by atoms with Crippen molar-refractivity contribution >= 4 is 21.8 Å². The molecule has 1 aliphatic heterocycles. The lowest BCUT2D eigenvalue weighted by molar-refractivity contribution is -0.178. The molecule has 100 valence electrons.